The van der Waals surface area contributed by atoms with Crippen LogP contribution in [0.1, 0.15) is 13.8 Å². The standard InChI is InChI=1S/C10H20N2O/c1-8(2)7-12-3-4-13-10-6-11-5-9(10)12/h8-11H,3-7H2,1-2H3/t9-,10+/m1/s1. The first-order valence-corrected chi connectivity index (χ1v) is 5.33. The second-order valence-electron chi connectivity index (χ2n) is 4.52. The van der Waals surface area contributed by atoms with E-state index in [0.29, 0.717) is 12.1 Å². The van der Waals surface area contributed by atoms with Gasteiger partial charge in [0.1, 0.15) is 0 Å². The number of hydrogen-bond donors (Lipinski definition) is 1. The summed E-state index contributed by atoms with van der Waals surface area (Å²) in [4.78, 5) is 2.58. The average molecular weight is 184 g/mol. The van der Waals surface area contributed by atoms with Crippen LogP contribution in [-0.4, -0.2) is 49.8 Å². The molecule has 1 N–H and O–H groups in total. The zero-order chi connectivity index (χ0) is 9.26. The van der Waals surface area contributed by atoms with Gasteiger partial charge in [-0.25, -0.2) is 0 Å². The molecule has 0 spiro atoms. The molecule has 0 unspecified atom stereocenters. The van der Waals surface area contributed by atoms with Gasteiger partial charge in [-0.1, -0.05) is 13.8 Å². The SMILES string of the molecule is CC(C)CN1CCO[C@H]2CNC[C@H]21. The highest BCUT2D eigenvalue weighted by Crippen LogP contribution is 2.18. The number of hydrogen-bond acceptors (Lipinski definition) is 3. The van der Waals surface area contributed by atoms with E-state index in [9.17, 15) is 0 Å². The van der Waals surface area contributed by atoms with Crippen LogP contribution in [0.4, 0.5) is 0 Å². The number of ether oxygens (including phenoxy) is 1. The molecular weight excluding hydrogens is 164 g/mol. The van der Waals surface area contributed by atoms with Gasteiger partial charge in [0, 0.05) is 32.2 Å². The summed E-state index contributed by atoms with van der Waals surface area (Å²) in [5.74, 6) is 0.763. The van der Waals surface area contributed by atoms with Gasteiger partial charge in [-0.05, 0) is 5.92 Å². The molecule has 3 nitrogen and oxygen atoms in total. The molecule has 0 amide bonds. The third-order valence-electron chi connectivity index (χ3n) is 2.91. The summed E-state index contributed by atoms with van der Waals surface area (Å²) in [6, 6.07) is 0.635. The van der Waals surface area contributed by atoms with Crippen LogP contribution in [0.5, 0.6) is 0 Å². The quantitative estimate of drug-likeness (QED) is 0.668. The lowest BCUT2D eigenvalue weighted by atomic mass is 10.1. The summed E-state index contributed by atoms with van der Waals surface area (Å²) in [5.41, 5.74) is 0. The first-order valence-electron chi connectivity index (χ1n) is 5.33. The Balaban J connectivity index is 1.93. The molecule has 0 aromatic rings. The molecule has 0 radical (unpaired) electrons. The van der Waals surface area contributed by atoms with Crippen molar-refractivity contribution in [2.45, 2.75) is 26.0 Å². The molecule has 0 aliphatic carbocycles. The van der Waals surface area contributed by atoms with E-state index in [1.54, 1.807) is 0 Å². The van der Waals surface area contributed by atoms with Crippen molar-refractivity contribution in [2.24, 2.45) is 5.92 Å². The zero-order valence-corrected chi connectivity index (χ0v) is 8.62. The number of nitrogens with zero attached hydrogens (tertiary/aromatic N) is 1. The Bertz CT molecular complexity index is 172. The molecule has 2 heterocycles. The van der Waals surface area contributed by atoms with Crippen LogP contribution in [0.2, 0.25) is 0 Å². The zero-order valence-electron chi connectivity index (χ0n) is 8.62. The molecule has 2 aliphatic rings. The second-order valence-corrected chi connectivity index (χ2v) is 4.52. The van der Waals surface area contributed by atoms with E-state index in [1.807, 2.05) is 0 Å². The predicted molar refractivity (Wildman–Crippen MR) is 52.8 cm³/mol. The fourth-order valence-corrected chi connectivity index (χ4v) is 2.36. The van der Waals surface area contributed by atoms with E-state index in [2.05, 4.69) is 24.1 Å². The van der Waals surface area contributed by atoms with Crippen LogP contribution < -0.4 is 5.32 Å². The van der Waals surface area contributed by atoms with Gasteiger partial charge in [0.2, 0.25) is 0 Å². The van der Waals surface area contributed by atoms with Crippen molar-refractivity contribution in [2.75, 3.05) is 32.8 Å². The fraction of sp³-hybridized carbons (Fsp3) is 1.00. The van der Waals surface area contributed by atoms with E-state index in [4.69, 9.17) is 4.74 Å². The van der Waals surface area contributed by atoms with Gasteiger partial charge in [-0.3, -0.25) is 4.90 Å². The van der Waals surface area contributed by atoms with Crippen LogP contribution in [0.25, 0.3) is 0 Å². The van der Waals surface area contributed by atoms with Crippen LogP contribution in [0, 0.1) is 5.92 Å². The molecule has 0 aromatic carbocycles. The van der Waals surface area contributed by atoms with Crippen molar-refractivity contribution in [1.29, 1.82) is 0 Å². The van der Waals surface area contributed by atoms with Gasteiger partial charge in [0.05, 0.1) is 12.7 Å². The maximum absolute atomic E-state index is 5.71. The van der Waals surface area contributed by atoms with Crippen LogP contribution >= 0.6 is 0 Å². The van der Waals surface area contributed by atoms with Gasteiger partial charge in [0.25, 0.3) is 0 Å². The second kappa shape index (κ2) is 3.95. The Hall–Kier alpha value is -0.120. The monoisotopic (exact) mass is 184 g/mol. The van der Waals surface area contributed by atoms with E-state index >= 15 is 0 Å². The Kier molecular flexibility index (Phi) is 2.86. The Morgan fingerprint density at radius 1 is 1.46 bits per heavy atom. The summed E-state index contributed by atoms with van der Waals surface area (Å²) >= 11 is 0. The highest BCUT2D eigenvalue weighted by Gasteiger charge is 2.35. The molecule has 76 valence electrons. The smallest absolute Gasteiger partial charge is 0.0867 e. The molecule has 0 aromatic heterocycles. The van der Waals surface area contributed by atoms with Crippen molar-refractivity contribution >= 4 is 0 Å². The van der Waals surface area contributed by atoms with Gasteiger partial charge in [0.15, 0.2) is 0 Å². The Labute approximate surface area is 80.4 Å². The van der Waals surface area contributed by atoms with Crippen LogP contribution in [-0.2, 0) is 4.74 Å². The maximum Gasteiger partial charge on any atom is 0.0867 e. The van der Waals surface area contributed by atoms with E-state index in [0.717, 1.165) is 32.2 Å². The molecule has 2 rings (SSSR count). The molecular formula is C10H20N2O. The minimum Gasteiger partial charge on any atom is -0.374 e. The lowest BCUT2D eigenvalue weighted by Gasteiger charge is -2.37. The fourth-order valence-electron chi connectivity index (χ4n) is 2.36. The highest BCUT2D eigenvalue weighted by molar-refractivity contribution is 4.92. The van der Waals surface area contributed by atoms with Crippen LogP contribution in [0.3, 0.4) is 0 Å². The van der Waals surface area contributed by atoms with Crippen molar-refractivity contribution in [3.63, 3.8) is 0 Å². The summed E-state index contributed by atoms with van der Waals surface area (Å²) < 4.78 is 5.71. The normalized spacial score (nSPS) is 35.3. The summed E-state index contributed by atoms with van der Waals surface area (Å²) in [5, 5.41) is 3.40. The van der Waals surface area contributed by atoms with Gasteiger partial charge in [-0.2, -0.15) is 0 Å². The first kappa shape index (κ1) is 9.44. The number of rotatable bonds is 2. The molecule has 13 heavy (non-hydrogen) atoms. The number of nitrogens with one attached hydrogen (secondary N) is 1. The van der Waals surface area contributed by atoms with E-state index in [1.165, 1.54) is 6.54 Å². The average Bonchev–Trinajstić information content (AvgIpc) is 2.51. The lowest BCUT2D eigenvalue weighted by Crippen LogP contribution is -2.51. The molecule has 3 heteroatoms. The lowest BCUT2D eigenvalue weighted by molar-refractivity contribution is -0.0501. The minimum absolute atomic E-state index is 0.451. The molecule has 2 atom stereocenters. The number of fused-ring (bicyclic) bond motifs is 1. The Morgan fingerprint density at radius 2 is 2.31 bits per heavy atom. The third kappa shape index (κ3) is 2.03. The molecule has 2 saturated heterocycles. The van der Waals surface area contributed by atoms with E-state index in [-0.39, 0.29) is 0 Å². The highest BCUT2D eigenvalue weighted by atomic mass is 16.5. The maximum atomic E-state index is 5.71. The Morgan fingerprint density at radius 3 is 3.08 bits per heavy atom. The van der Waals surface area contributed by atoms with Gasteiger partial charge >= 0.3 is 0 Å². The van der Waals surface area contributed by atoms with E-state index < -0.39 is 0 Å². The summed E-state index contributed by atoms with van der Waals surface area (Å²) in [7, 11) is 0. The summed E-state index contributed by atoms with van der Waals surface area (Å²) in [6.45, 7) is 9.96. The van der Waals surface area contributed by atoms with Gasteiger partial charge in [-0.15, -0.1) is 0 Å². The first-order chi connectivity index (χ1) is 6.27. The largest absolute Gasteiger partial charge is 0.374 e. The van der Waals surface area contributed by atoms with Crippen molar-refractivity contribution in [3.8, 4) is 0 Å². The molecule has 0 bridgehead atoms. The van der Waals surface area contributed by atoms with Crippen molar-refractivity contribution < 1.29 is 4.74 Å². The van der Waals surface area contributed by atoms with Crippen LogP contribution in [0.15, 0.2) is 0 Å². The summed E-state index contributed by atoms with van der Waals surface area (Å²) in [6.07, 6.45) is 0.451. The topological polar surface area (TPSA) is 24.5 Å². The third-order valence-corrected chi connectivity index (χ3v) is 2.91. The number of morpholine rings is 1. The van der Waals surface area contributed by atoms with Gasteiger partial charge < -0.3 is 10.1 Å². The van der Waals surface area contributed by atoms with Crippen molar-refractivity contribution in [1.82, 2.24) is 10.2 Å². The molecule has 2 fully saturated rings. The molecule has 2 aliphatic heterocycles. The predicted octanol–water partition coefficient (Wildman–Crippen LogP) is 0.315. The minimum atomic E-state index is 0.451. The van der Waals surface area contributed by atoms with Crippen molar-refractivity contribution in [3.05, 3.63) is 0 Å². The molecule has 0 saturated carbocycles.